The second-order valence-electron chi connectivity index (χ2n) is 6.43. The first-order chi connectivity index (χ1) is 12.3. The molecular weight excluding hydrogens is 368 g/mol. The summed E-state index contributed by atoms with van der Waals surface area (Å²) < 4.78 is 11.8. The number of nitrogens with zero attached hydrogens (tertiary/aromatic N) is 1. The molecule has 0 saturated heterocycles. The van der Waals surface area contributed by atoms with Gasteiger partial charge in [-0.1, -0.05) is 12.1 Å². The van der Waals surface area contributed by atoms with Gasteiger partial charge in [0.25, 0.3) is 0 Å². The number of carbonyl (C=O) groups excluding carboxylic acids is 1. The van der Waals surface area contributed by atoms with Crippen LogP contribution in [0.4, 0.5) is 4.79 Å². The van der Waals surface area contributed by atoms with E-state index in [4.69, 9.17) is 9.47 Å². The fourth-order valence-corrected chi connectivity index (χ4v) is 3.82. The lowest BCUT2D eigenvalue weighted by Gasteiger charge is -2.19. The summed E-state index contributed by atoms with van der Waals surface area (Å²) in [6.45, 7) is 6.15. The summed E-state index contributed by atoms with van der Waals surface area (Å²) in [5, 5.41) is 14.0. The van der Waals surface area contributed by atoms with Crippen molar-refractivity contribution in [1.29, 1.82) is 5.26 Å². The van der Waals surface area contributed by atoms with Gasteiger partial charge < -0.3 is 14.8 Å². The Morgan fingerprint density at radius 3 is 2.58 bits per heavy atom. The van der Waals surface area contributed by atoms with E-state index in [1.165, 1.54) is 0 Å². The summed E-state index contributed by atoms with van der Waals surface area (Å²) in [5.41, 5.74) is 2.14. The predicted molar refractivity (Wildman–Crippen MR) is 106 cm³/mol. The van der Waals surface area contributed by atoms with E-state index in [-0.39, 0.29) is 0 Å². The van der Waals surface area contributed by atoms with Crippen molar-refractivity contribution < 1.29 is 14.3 Å². The monoisotopic (exact) mass is 390 g/mol. The molecule has 1 aromatic carbocycles. The largest absolute Gasteiger partial charge is 0.492 e. The highest BCUT2D eigenvalue weighted by molar-refractivity contribution is 8.00. The van der Waals surface area contributed by atoms with Crippen molar-refractivity contribution >= 4 is 29.2 Å². The SMILES string of the molecule is CSc1scc(-c2ccc(OCCNC(=O)OC(C)(C)C)cc2)c1C#N. The summed E-state index contributed by atoms with van der Waals surface area (Å²) in [5.74, 6) is 0.707. The summed E-state index contributed by atoms with van der Waals surface area (Å²) in [7, 11) is 0. The van der Waals surface area contributed by atoms with Crippen LogP contribution in [0.2, 0.25) is 0 Å². The van der Waals surface area contributed by atoms with Gasteiger partial charge in [-0.15, -0.1) is 23.1 Å². The number of alkyl carbamates (subject to hydrolysis) is 1. The molecule has 0 aliphatic heterocycles. The molecule has 1 aromatic heterocycles. The van der Waals surface area contributed by atoms with Crippen molar-refractivity contribution in [2.24, 2.45) is 0 Å². The van der Waals surface area contributed by atoms with Crippen molar-refractivity contribution in [3.63, 3.8) is 0 Å². The number of thiophene rings is 1. The van der Waals surface area contributed by atoms with Crippen molar-refractivity contribution in [2.75, 3.05) is 19.4 Å². The molecule has 5 nitrogen and oxygen atoms in total. The molecule has 0 fully saturated rings. The van der Waals surface area contributed by atoms with Gasteiger partial charge in [0.05, 0.1) is 16.3 Å². The van der Waals surface area contributed by atoms with Crippen LogP contribution in [-0.2, 0) is 4.74 Å². The molecule has 0 atom stereocenters. The standard InChI is InChI=1S/C19H22N2O3S2/c1-19(2,3)24-18(22)21-9-10-23-14-7-5-13(6-8-14)16-12-26-17(25-4)15(16)11-20/h5-8,12H,9-10H2,1-4H3,(H,21,22). The molecule has 1 N–H and O–H groups in total. The number of carbonyl (C=O) groups is 1. The van der Waals surface area contributed by atoms with Gasteiger partial charge in [-0.2, -0.15) is 5.26 Å². The smallest absolute Gasteiger partial charge is 0.407 e. The second kappa shape index (κ2) is 8.97. The van der Waals surface area contributed by atoms with E-state index in [2.05, 4.69) is 11.4 Å². The van der Waals surface area contributed by atoms with E-state index in [9.17, 15) is 10.1 Å². The maximum absolute atomic E-state index is 11.5. The number of thioether (sulfide) groups is 1. The predicted octanol–water partition coefficient (Wildman–Crippen LogP) is 4.91. The van der Waals surface area contributed by atoms with E-state index in [1.54, 1.807) is 23.1 Å². The van der Waals surface area contributed by atoms with E-state index < -0.39 is 11.7 Å². The number of hydrogen-bond donors (Lipinski definition) is 1. The van der Waals surface area contributed by atoms with Crippen LogP contribution in [0.3, 0.4) is 0 Å². The molecule has 0 aliphatic carbocycles. The van der Waals surface area contributed by atoms with Gasteiger partial charge in [0, 0.05) is 10.9 Å². The Bertz CT molecular complexity index is 787. The van der Waals surface area contributed by atoms with E-state index in [0.29, 0.717) is 18.9 Å². The van der Waals surface area contributed by atoms with Gasteiger partial charge >= 0.3 is 6.09 Å². The zero-order chi connectivity index (χ0) is 19.2. The Morgan fingerprint density at radius 1 is 1.31 bits per heavy atom. The number of rotatable bonds is 6. The first-order valence-corrected chi connectivity index (χ1v) is 10.2. The third-order valence-corrected chi connectivity index (χ3v) is 5.39. The number of nitrogens with one attached hydrogen (secondary N) is 1. The third kappa shape index (κ3) is 5.68. The summed E-state index contributed by atoms with van der Waals surface area (Å²) >= 11 is 3.16. The minimum absolute atomic E-state index is 0.344. The maximum Gasteiger partial charge on any atom is 0.407 e. The Balaban J connectivity index is 1.88. The minimum Gasteiger partial charge on any atom is -0.492 e. The molecule has 0 radical (unpaired) electrons. The van der Waals surface area contributed by atoms with Gasteiger partial charge in [0.1, 0.15) is 24.0 Å². The first-order valence-electron chi connectivity index (χ1n) is 8.09. The average Bonchev–Trinajstić information content (AvgIpc) is 3.00. The lowest BCUT2D eigenvalue weighted by molar-refractivity contribution is 0.0520. The number of hydrogen-bond acceptors (Lipinski definition) is 6. The highest BCUT2D eigenvalue weighted by Gasteiger charge is 2.15. The summed E-state index contributed by atoms with van der Waals surface area (Å²) in [6, 6.07) is 9.87. The van der Waals surface area contributed by atoms with Gasteiger partial charge in [-0.3, -0.25) is 0 Å². The Hall–Kier alpha value is -2.17. The quantitative estimate of drug-likeness (QED) is 0.560. The second-order valence-corrected chi connectivity index (χ2v) is 8.38. The Labute approximate surface area is 162 Å². The van der Waals surface area contributed by atoms with Gasteiger partial charge in [0.2, 0.25) is 0 Å². The Morgan fingerprint density at radius 2 is 2.00 bits per heavy atom. The van der Waals surface area contributed by atoms with Crippen molar-refractivity contribution in [3.8, 4) is 22.9 Å². The summed E-state index contributed by atoms with van der Waals surface area (Å²) in [6.07, 6.45) is 1.51. The van der Waals surface area contributed by atoms with Crippen molar-refractivity contribution in [1.82, 2.24) is 5.32 Å². The van der Waals surface area contributed by atoms with Gasteiger partial charge in [-0.25, -0.2) is 4.79 Å². The molecule has 2 rings (SSSR count). The molecule has 1 heterocycles. The molecule has 0 saturated carbocycles. The molecule has 26 heavy (non-hydrogen) atoms. The van der Waals surface area contributed by atoms with Crippen LogP contribution in [0.5, 0.6) is 5.75 Å². The topological polar surface area (TPSA) is 71.3 Å². The Kier molecular flexibility index (Phi) is 6.95. The van der Waals surface area contributed by atoms with Crippen LogP contribution in [0.1, 0.15) is 26.3 Å². The number of ether oxygens (including phenoxy) is 2. The maximum atomic E-state index is 11.5. The lowest BCUT2D eigenvalue weighted by Crippen LogP contribution is -2.34. The summed E-state index contributed by atoms with van der Waals surface area (Å²) in [4.78, 5) is 11.5. The fraction of sp³-hybridized carbons (Fsp3) is 0.368. The van der Waals surface area contributed by atoms with Crippen LogP contribution in [0, 0.1) is 11.3 Å². The van der Waals surface area contributed by atoms with E-state index >= 15 is 0 Å². The molecule has 1 amide bonds. The number of amides is 1. The molecular formula is C19H22N2O3S2. The zero-order valence-electron chi connectivity index (χ0n) is 15.3. The van der Waals surface area contributed by atoms with E-state index in [1.807, 2.05) is 56.7 Å². The van der Waals surface area contributed by atoms with Gasteiger partial charge in [0.15, 0.2) is 0 Å². The van der Waals surface area contributed by atoms with Crippen LogP contribution < -0.4 is 10.1 Å². The highest BCUT2D eigenvalue weighted by atomic mass is 32.2. The van der Waals surface area contributed by atoms with Crippen LogP contribution in [0.15, 0.2) is 33.9 Å². The molecule has 2 aromatic rings. The molecule has 0 bridgehead atoms. The molecule has 0 aliphatic rings. The molecule has 0 spiro atoms. The van der Waals surface area contributed by atoms with E-state index in [0.717, 1.165) is 20.9 Å². The lowest BCUT2D eigenvalue weighted by atomic mass is 10.1. The van der Waals surface area contributed by atoms with Crippen LogP contribution in [0.25, 0.3) is 11.1 Å². The minimum atomic E-state index is -0.513. The van der Waals surface area contributed by atoms with Crippen molar-refractivity contribution in [3.05, 3.63) is 35.2 Å². The first kappa shape index (κ1) is 20.1. The van der Waals surface area contributed by atoms with Crippen LogP contribution >= 0.6 is 23.1 Å². The normalized spacial score (nSPS) is 10.9. The number of benzene rings is 1. The van der Waals surface area contributed by atoms with Crippen molar-refractivity contribution in [2.45, 2.75) is 30.6 Å². The van der Waals surface area contributed by atoms with Gasteiger partial charge in [-0.05, 0) is 44.7 Å². The zero-order valence-corrected chi connectivity index (χ0v) is 16.9. The average molecular weight is 391 g/mol. The molecule has 7 heteroatoms. The number of nitriles is 1. The molecule has 138 valence electrons. The van der Waals surface area contributed by atoms with Crippen LogP contribution in [-0.4, -0.2) is 31.1 Å². The highest BCUT2D eigenvalue weighted by Crippen LogP contribution is 2.36. The fourth-order valence-electron chi connectivity index (χ4n) is 2.18. The molecule has 0 unspecified atom stereocenters. The third-order valence-electron chi connectivity index (χ3n) is 3.26.